The smallest absolute Gasteiger partial charge is 0.270 e. The number of nitriles is 1. The van der Waals surface area contributed by atoms with Crippen molar-refractivity contribution in [1.29, 1.82) is 5.26 Å². The Morgan fingerprint density at radius 3 is 2.63 bits per heavy atom. The molecule has 0 spiro atoms. The average molecular weight is 494 g/mol. The van der Waals surface area contributed by atoms with Crippen molar-refractivity contribution >= 4 is 34.1 Å². The first-order valence-corrected chi connectivity index (χ1v) is 11.6. The largest absolute Gasteiger partial charge is 0.490 e. The highest BCUT2D eigenvalue weighted by atomic mass is 32.1. The second-order valence-electron chi connectivity index (χ2n) is 7.36. The van der Waals surface area contributed by atoms with Gasteiger partial charge in [0.05, 0.1) is 4.92 Å². The van der Waals surface area contributed by atoms with Gasteiger partial charge >= 0.3 is 0 Å². The number of aromatic nitrogens is 2. The third-order valence-electron chi connectivity index (χ3n) is 4.65. The van der Waals surface area contributed by atoms with Crippen molar-refractivity contribution in [1.82, 2.24) is 10.2 Å². The van der Waals surface area contributed by atoms with Crippen molar-refractivity contribution in [2.45, 2.75) is 26.7 Å². The lowest BCUT2D eigenvalue weighted by Gasteiger charge is -2.11. The second kappa shape index (κ2) is 12.2. The van der Waals surface area contributed by atoms with E-state index in [1.54, 1.807) is 0 Å². The van der Waals surface area contributed by atoms with Crippen LogP contribution in [0.25, 0.3) is 6.08 Å². The number of nitrogens with one attached hydrogen (secondary N) is 1. The molecule has 3 aromatic rings. The summed E-state index contributed by atoms with van der Waals surface area (Å²) in [7, 11) is 0. The van der Waals surface area contributed by atoms with E-state index in [2.05, 4.69) is 15.5 Å². The third kappa shape index (κ3) is 7.35. The number of nitro benzene ring substituents is 1. The monoisotopic (exact) mass is 493 g/mol. The topological polar surface area (TPSA) is 140 Å². The molecular weight excluding hydrogens is 470 g/mol. The Morgan fingerprint density at radius 1 is 1.20 bits per heavy atom. The highest BCUT2D eigenvalue weighted by Gasteiger charge is 2.16. The minimum atomic E-state index is -0.702. The predicted octanol–water partition coefficient (Wildman–Crippen LogP) is 4.71. The zero-order valence-corrected chi connectivity index (χ0v) is 20.0. The van der Waals surface area contributed by atoms with Crippen LogP contribution in [0.2, 0.25) is 0 Å². The Hall–Kier alpha value is -4.30. The highest BCUT2D eigenvalue weighted by Crippen LogP contribution is 2.27. The van der Waals surface area contributed by atoms with Crippen molar-refractivity contribution in [2.75, 3.05) is 18.5 Å². The molecular formula is C24H23N5O5S. The van der Waals surface area contributed by atoms with Crippen molar-refractivity contribution in [3.63, 3.8) is 0 Å². The number of rotatable bonds is 11. The number of nitro groups is 1. The van der Waals surface area contributed by atoms with Gasteiger partial charge in [-0.05, 0) is 37.6 Å². The number of anilines is 1. The summed E-state index contributed by atoms with van der Waals surface area (Å²) in [5.74, 6) is 0.252. The van der Waals surface area contributed by atoms with E-state index < -0.39 is 10.8 Å². The number of ether oxygens (including phenoxy) is 2. The molecule has 1 aromatic heterocycles. The first-order valence-electron chi connectivity index (χ1n) is 10.8. The summed E-state index contributed by atoms with van der Waals surface area (Å²) < 4.78 is 11.4. The minimum absolute atomic E-state index is 0.144. The van der Waals surface area contributed by atoms with Crippen LogP contribution in [0.1, 0.15) is 29.5 Å². The first-order chi connectivity index (χ1) is 16.9. The van der Waals surface area contributed by atoms with Gasteiger partial charge in [-0.1, -0.05) is 36.0 Å². The quantitative estimate of drug-likeness (QED) is 0.133. The molecule has 1 N–H and O–H groups in total. The average Bonchev–Trinajstić information content (AvgIpc) is 3.28. The summed E-state index contributed by atoms with van der Waals surface area (Å²) in [6, 6.07) is 13.3. The Balaban J connectivity index is 1.74. The maximum atomic E-state index is 12.6. The van der Waals surface area contributed by atoms with E-state index >= 15 is 0 Å². The van der Waals surface area contributed by atoms with Crippen LogP contribution in [-0.2, 0) is 11.2 Å². The lowest BCUT2D eigenvalue weighted by atomic mass is 10.1. The van der Waals surface area contributed by atoms with Gasteiger partial charge in [-0.15, -0.1) is 10.2 Å². The fourth-order valence-corrected chi connectivity index (χ4v) is 3.76. The molecule has 0 aliphatic carbocycles. The van der Waals surface area contributed by atoms with Gasteiger partial charge in [-0.3, -0.25) is 20.2 Å². The summed E-state index contributed by atoms with van der Waals surface area (Å²) in [5.41, 5.74) is 0.856. The van der Waals surface area contributed by atoms with Gasteiger partial charge in [0.2, 0.25) is 5.13 Å². The minimum Gasteiger partial charge on any atom is -0.490 e. The van der Waals surface area contributed by atoms with Crippen molar-refractivity contribution < 1.29 is 19.2 Å². The molecule has 11 heteroatoms. The Morgan fingerprint density at radius 2 is 1.94 bits per heavy atom. The number of amides is 1. The van der Waals surface area contributed by atoms with E-state index in [0.29, 0.717) is 5.75 Å². The summed E-state index contributed by atoms with van der Waals surface area (Å²) in [5, 5.41) is 32.3. The van der Waals surface area contributed by atoms with E-state index in [1.165, 1.54) is 35.6 Å². The molecule has 0 saturated heterocycles. The fourth-order valence-electron chi connectivity index (χ4n) is 2.93. The second-order valence-corrected chi connectivity index (χ2v) is 8.43. The number of hydrogen-bond acceptors (Lipinski definition) is 9. The molecule has 0 unspecified atom stereocenters. The molecule has 180 valence electrons. The summed E-state index contributed by atoms with van der Waals surface area (Å²) >= 11 is 1.22. The van der Waals surface area contributed by atoms with Gasteiger partial charge in [0.25, 0.3) is 11.6 Å². The van der Waals surface area contributed by atoms with Crippen LogP contribution in [0.4, 0.5) is 10.8 Å². The lowest BCUT2D eigenvalue weighted by molar-refractivity contribution is -0.384. The molecule has 3 rings (SSSR count). The third-order valence-corrected chi connectivity index (χ3v) is 5.55. The predicted molar refractivity (Wildman–Crippen MR) is 131 cm³/mol. The molecule has 1 amide bonds. The van der Waals surface area contributed by atoms with Gasteiger partial charge in [0.15, 0.2) is 0 Å². The molecule has 0 radical (unpaired) electrons. The van der Waals surface area contributed by atoms with Gasteiger partial charge in [0, 0.05) is 24.1 Å². The molecule has 2 aromatic carbocycles. The molecule has 35 heavy (non-hydrogen) atoms. The van der Waals surface area contributed by atoms with Gasteiger partial charge in [-0.25, -0.2) is 0 Å². The first kappa shape index (κ1) is 25.3. The van der Waals surface area contributed by atoms with Gasteiger partial charge in [-0.2, -0.15) is 5.26 Å². The molecule has 0 fully saturated rings. The molecule has 0 saturated carbocycles. The Labute approximate surface area is 206 Å². The molecule has 0 aliphatic heterocycles. The van der Waals surface area contributed by atoms with E-state index in [4.69, 9.17) is 9.47 Å². The van der Waals surface area contributed by atoms with Crippen LogP contribution in [0.5, 0.6) is 11.5 Å². The van der Waals surface area contributed by atoms with E-state index in [1.807, 2.05) is 44.2 Å². The van der Waals surface area contributed by atoms with E-state index in [-0.39, 0.29) is 40.9 Å². The Bertz CT molecular complexity index is 1260. The van der Waals surface area contributed by atoms with E-state index in [9.17, 15) is 20.2 Å². The molecule has 10 nitrogen and oxygen atoms in total. The van der Waals surface area contributed by atoms with Crippen molar-refractivity contribution in [2.24, 2.45) is 0 Å². The summed E-state index contributed by atoms with van der Waals surface area (Å²) in [6.07, 6.45) is 2.86. The standard InChI is InChI=1S/C24H23N5O5S/c1-3-4-22-27-28-24(35-22)26-23(30)18(15-25)13-17-14-19(29(31)32)7-10-21(17)34-12-11-33-20-8-5-16(2)6-9-20/h5-10,13-14H,3-4,11-12H2,1-2H3,(H,26,28,30)/b18-13-. The number of nitrogens with zero attached hydrogens (tertiary/aromatic N) is 4. The normalized spacial score (nSPS) is 10.9. The molecule has 0 aliphatic rings. The van der Waals surface area contributed by atoms with Crippen LogP contribution < -0.4 is 14.8 Å². The number of carbonyl (C=O) groups excluding carboxylic acids is 1. The van der Waals surface area contributed by atoms with E-state index in [0.717, 1.165) is 23.4 Å². The molecule has 0 atom stereocenters. The SMILES string of the molecule is CCCc1nnc(NC(=O)/C(C#N)=C\c2cc([N+](=O)[O-])ccc2OCCOc2ccc(C)cc2)s1. The fraction of sp³-hybridized carbons (Fsp3) is 0.250. The maximum Gasteiger partial charge on any atom is 0.270 e. The Kier molecular flexibility index (Phi) is 8.86. The number of non-ortho nitro benzene ring substituents is 1. The maximum absolute atomic E-state index is 12.6. The number of hydrogen-bond donors (Lipinski definition) is 1. The molecule has 0 bridgehead atoms. The van der Waals surface area contributed by atoms with Crippen LogP contribution in [0.3, 0.4) is 0 Å². The van der Waals surface area contributed by atoms with Gasteiger partial charge < -0.3 is 9.47 Å². The van der Waals surface area contributed by atoms with Crippen molar-refractivity contribution in [3.05, 3.63) is 74.3 Å². The zero-order chi connectivity index (χ0) is 25.2. The van der Waals surface area contributed by atoms with Crippen molar-refractivity contribution in [3.8, 4) is 17.6 Å². The van der Waals surface area contributed by atoms with Crippen LogP contribution in [-0.4, -0.2) is 34.2 Å². The number of aryl methyl sites for hydroxylation is 2. The van der Waals surface area contributed by atoms with Crippen LogP contribution in [0.15, 0.2) is 48.0 Å². The summed E-state index contributed by atoms with van der Waals surface area (Å²) in [4.78, 5) is 23.3. The van der Waals surface area contributed by atoms with Gasteiger partial charge in [0.1, 0.15) is 41.4 Å². The summed E-state index contributed by atoms with van der Waals surface area (Å²) in [6.45, 7) is 4.35. The molecule has 1 heterocycles. The van der Waals surface area contributed by atoms with Crippen LogP contribution in [0, 0.1) is 28.4 Å². The number of carbonyl (C=O) groups is 1. The lowest BCUT2D eigenvalue weighted by Crippen LogP contribution is -2.13. The zero-order valence-electron chi connectivity index (χ0n) is 19.2. The van der Waals surface area contributed by atoms with Crippen LogP contribution >= 0.6 is 11.3 Å². The number of benzene rings is 2. The highest BCUT2D eigenvalue weighted by molar-refractivity contribution is 7.15.